The summed E-state index contributed by atoms with van der Waals surface area (Å²) in [5.41, 5.74) is 9.96. The smallest absolute Gasteiger partial charge is 0.164 e. The molecule has 0 aliphatic heterocycles. The van der Waals surface area contributed by atoms with Gasteiger partial charge in [-0.1, -0.05) is 12.1 Å². The quantitative estimate of drug-likeness (QED) is 0.591. The van der Waals surface area contributed by atoms with Crippen LogP contribution in [0.5, 0.6) is 0 Å². The van der Waals surface area contributed by atoms with Crippen molar-refractivity contribution in [1.82, 2.24) is 29.5 Å². The number of nitrogen functional groups attached to an aromatic ring is 1. The number of fused-ring (bicyclic) bond motifs is 1. The summed E-state index contributed by atoms with van der Waals surface area (Å²) >= 11 is 0. The molecule has 0 spiro atoms. The molecule has 1 unspecified atom stereocenters. The Balaban J connectivity index is 1.67. The van der Waals surface area contributed by atoms with Crippen LogP contribution in [0.15, 0.2) is 43.0 Å². The highest BCUT2D eigenvalue weighted by Gasteiger charge is 2.26. The second-order valence-electron chi connectivity index (χ2n) is 7.10. The van der Waals surface area contributed by atoms with Gasteiger partial charge in [0.15, 0.2) is 5.65 Å². The number of hydrogen-bond acceptors (Lipinski definition) is 6. The fourth-order valence-electron chi connectivity index (χ4n) is 3.45. The minimum absolute atomic E-state index is 0.0720. The molecule has 8 heteroatoms. The molecule has 2 N–H and O–H groups in total. The van der Waals surface area contributed by atoms with E-state index in [2.05, 4.69) is 34.3 Å². The number of hydrogen-bond donors (Lipinski definition) is 1. The first-order chi connectivity index (χ1) is 13.7. The summed E-state index contributed by atoms with van der Waals surface area (Å²) in [5.74, 6) is 0.370. The number of anilines is 1. The van der Waals surface area contributed by atoms with E-state index in [9.17, 15) is 5.26 Å². The minimum Gasteiger partial charge on any atom is -0.383 e. The van der Waals surface area contributed by atoms with E-state index in [-0.39, 0.29) is 6.04 Å². The molecule has 1 aliphatic rings. The van der Waals surface area contributed by atoms with Crippen LogP contribution >= 0.6 is 0 Å². The van der Waals surface area contributed by atoms with Gasteiger partial charge in [0.25, 0.3) is 0 Å². The highest BCUT2D eigenvalue weighted by Crippen LogP contribution is 2.36. The van der Waals surface area contributed by atoms with Crippen LogP contribution in [0.1, 0.15) is 43.0 Å². The summed E-state index contributed by atoms with van der Waals surface area (Å²) in [6.07, 6.45) is 7.78. The van der Waals surface area contributed by atoms with E-state index in [0.29, 0.717) is 34.2 Å². The maximum absolute atomic E-state index is 9.24. The van der Waals surface area contributed by atoms with Crippen molar-refractivity contribution in [1.29, 1.82) is 5.26 Å². The van der Waals surface area contributed by atoms with Gasteiger partial charge < -0.3 is 5.73 Å². The molecular formula is C20H18N8. The molecule has 1 aliphatic carbocycles. The Labute approximate surface area is 161 Å². The first kappa shape index (κ1) is 16.4. The van der Waals surface area contributed by atoms with E-state index in [1.54, 1.807) is 12.1 Å². The summed E-state index contributed by atoms with van der Waals surface area (Å²) in [7, 11) is 0. The van der Waals surface area contributed by atoms with Crippen LogP contribution in [-0.2, 0) is 0 Å². The maximum atomic E-state index is 9.24. The van der Waals surface area contributed by atoms with E-state index >= 15 is 0 Å². The van der Waals surface area contributed by atoms with Gasteiger partial charge in [0.05, 0.1) is 35.3 Å². The Hall–Kier alpha value is -3.73. The van der Waals surface area contributed by atoms with E-state index < -0.39 is 0 Å². The van der Waals surface area contributed by atoms with Crippen LogP contribution in [0.3, 0.4) is 0 Å². The van der Waals surface area contributed by atoms with Gasteiger partial charge >= 0.3 is 0 Å². The zero-order chi connectivity index (χ0) is 19.3. The lowest BCUT2D eigenvalue weighted by Crippen LogP contribution is -2.09. The molecule has 138 valence electrons. The molecule has 0 saturated heterocycles. The molecule has 1 fully saturated rings. The summed E-state index contributed by atoms with van der Waals surface area (Å²) in [6, 6.07) is 9.93. The van der Waals surface area contributed by atoms with Crippen molar-refractivity contribution < 1.29 is 0 Å². The topological polar surface area (TPSA) is 111 Å². The van der Waals surface area contributed by atoms with Crippen molar-refractivity contribution >= 4 is 16.9 Å². The van der Waals surface area contributed by atoms with Crippen molar-refractivity contribution in [2.75, 3.05) is 5.73 Å². The lowest BCUT2D eigenvalue weighted by Gasteiger charge is -2.10. The molecule has 1 atom stereocenters. The fourth-order valence-corrected chi connectivity index (χ4v) is 3.45. The lowest BCUT2D eigenvalue weighted by molar-refractivity contribution is 0.578. The molecule has 3 heterocycles. The standard InChI is InChI=1S/C20H18N8/c1-12(15-9-25-27(10-15)16-5-6-16)28-20-17(19(22)23-11-24-20)18(26-28)14-4-2-3-13(7-14)8-21/h2-4,7,9-12,16H,5-6H2,1H3,(H2,22,23,24). The molecule has 0 bridgehead atoms. The van der Waals surface area contributed by atoms with Crippen molar-refractivity contribution in [3.63, 3.8) is 0 Å². The first-order valence-electron chi connectivity index (χ1n) is 9.19. The Kier molecular flexibility index (Phi) is 3.62. The van der Waals surface area contributed by atoms with Gasteiger partial charge in [-0.2, -0.15) is 15.5 Å². The number of nitrogens with two attached hydrogens (primary N) is 1. The van der Waals surface area contributed by atoms with E-state index in [1.807, 2.05) is 27.7 Å². The zero-order valence-corrected chi connectivity index (χ0v) is 15.3. The van der Waals surface area contributed by atoms with Crippen molar-refractivity contribution in [3.8, 4) is 17.3 Å². The summed E-state index contributed by atoms with van der Waals surface area (Å²) < 4.78 is 3.88. The fraction of sp³-hybridized carbons (Fsp3) is 0.250. The highest BCUT2D eigenvalue weighted by molar-refractivity contribution is 5.98. The predicted octanol–water partition coefficient (Wildman–Crippen LogP) is 3.09. The number of benzene rings is 1. The summed E-state index contributed by atoms with van der Waals surface area (Å²) in [4.78, 5) is 8.60. The van der Waals surface area contributed by atoms with Crippen LogP contribution in [0, 0.1) is 11.3 Å². The lowest BCUT2D eigenvalue weighted by atomic mass is 10.1. The summed E-state index contributed by atoms with van der Waals surface area (Å²) in [5, 5.41) is 19.3. The molecule has 5 rings (SSSR count). The Morgan fingerprint density at radius 2 is 2.14 bits per heavy atom. The van der Waals surface area contributed by atoms with Crippen LogP contribution in [0.4, 0.5) is 5.82 Å². The zero-order valence-electron chi connectivity index (χ0n) is 15.3. The van der Waals surface area contributed by atoms with Crippen LogP contribution in [0.25, 0.3) is 22.3 Å². The predicted molar refractivity (Wildman–Crippen MR) is 104 cm³/mol. The van der Waals surface area contributed by atoms with Gasteiger partial charge in [0, 0.05) is 17.3 Å². The molecule has 8 nitrogen and oxygen atoms in total. The largest absolute Gasteiger partial charge is 0.383 e. The SMILES string of the molecule is CC(c1cnn(C2CC2)c1)n1nc(-c2cccc(C#N)c2)c2c(N)ncnc21. The second-order valence-corrected chi connectivity index (χ2v) is 7.10. The molecule has 28 heavy (non-hydrogen) atoms. The van der Waals surface area contributed by atoms with E-state index in [0.717, 1.165) is 11.1 Å². The molecule has 0 amide bonds. The monoisotopic (exact) mass is 370 g/mol. The van der Waals surface area contributed by atoms with Gasteiger partial charge in [-0.05, 0) is 31.9 Å². The third-order valence-corrected chi connectivity index (χ3v) is 5.17. The molecule has 1 saturated carbocycles. The van der Waals surface area contributed by atoms with Gasteiger partial charge in [-0.15, -0.1) is 0 Å². The number of rotatable bonds is 4. The normalized spacial score (nSPS) is 14.9. The third-order valence-electron chi connectivity index (χ3n) is 5.17. The molecule has 1 aromatic carbocycles. The second kappa shape index (κ2) is 6.16. The van der Waals surface area contributed by atoms with Gasteiger partial charge in [-0.3, -0.25) is 4.68 Å². The average molecular weight is 370 g/mol. The molecule has 3 aromatic heterocycles. The molecular weight excluding hydrogens is 352 g/mol. The molecule has 4 aromatic rings. The summed E-state index contributed by atoms with van der Waals surface area (Å²) in [6.45, 7) is 2.06. The average Bonchev–Trinajstić information content (AvgIpc) is 3.31. The van der Waals surface area contributed by atoms with E-state index in [4.69, 9.17) is 10.8 Å². The number of nitrogens with zero attached hydrogens (tertiary/aromatic N) is 7. The minimum atomic E-state index is -0.0720. The number of nitriles is 1. The van der Waals surface area contributed by atoms with Gasteiger partial charge in [-0.25, -0.2) is 14.6 Å². The van der Waals surface area contributed by atoms with E-state index in [1.165, 1.54) is 19.2 Å². The first-order valence-corrected chi connectivity index (χ1v) is 9.19. The maximum Gasteiger partial charge on any atom is 0.164 e. The van der Waals surface area contributed by atoms with Crippen molar-refractivity contribution in [2.24, 2.45) is 0 Å². The van der Waals surface area contributed by atoms with Crippen LogP contribution < -0.4 is 5.73 Å². The molecule has 0 radical (unpaired) electrons. The van der Waals surface area contributed by atoms with Crippen molar-refractivity contribution in [3.05, 3.63) is 54.1 Å². The van der Waals surface area contributed by atoms with Crippen molar-refractivity contribution in [2.45, 2.75) is 31.8 Å². The highest BCUT2D eigenvalue weighted by atomic mass is 15.3. The number of aromatic nitrogens is 6. The Morgan fingerprint density at radius 1 is 1.29 bits per heavy atom. The van der Waals surface area contributed by atoms with Crippen LogP contribution in [0.2, 0.25) is 0 Å². The van der Waals surface area contributed by atoms with Crippen LogP contribution in [-0.4, -0.2) is 29.5 Å². The van der Waals surface area contributed by atoms with Gasteiger partial charge in [0.1, 0.15) is 17.8 Å². The Bertz CT molecular complexity index is 1220. The third kappa shape index (κ3) is 2.60. The Morgan fingerprint density at radius 3 is 2.93 bits per heavy atom. The van der Waals surface area contributed by atoms with Gasteiger partial charge in [0.2, 0.25) is 0 Å².